The van der Waals surface area contributed by atoms with Crippen LogP contribution in [0.3, 0.4) is 0 Å². The van der Waals surface area contributed by atoms with Crippen molar-refractivity contribution in [2.24, 2.45) is 0 Å². The molecule has 0 saturated carbocycles. The average Bonchev–Trinajstić information content (AvgIpc) is 2.17. The van der Waals surface area contributed by atoms with Crippen molar-refractivity contribution in [2.75, 3.05) is 0 Å². The Morgan fingerprint density at radius 2 is 1.93 bits per heavy atom. The van der Waals surface area contributed by atoms with Gasteiger partial charge in [-0.2, -0.15) is 0 Å². The van der Waals surface area contributed by atoms with E-state index in [1.54, 1.807) is 24.3 Å². The molecule has 1 rings (SSSR count). The molecule has 1 aromatic rings. The molecule has 1 unspecified atom stereocenters. The molecule has 0 aliphatic rings. The molecule has 1 atom stereocenters. The van der Waals surface area contributed by atoms with Gasteiger partial charge in [0.2, 0.25) is 0 Å². The van der Waals surface area contributed by atoms with Crippen molar-refractivity contribution in [3.05, 3.63) is 40.8 Å². The smallest absolute Gasteiger partial charge is 0.154 e. The number of carbonyl (C=O) groups excluding carboxylic acids is 1. The van der Waals surface area contributed by atoms with E-state index < -0.39 is 10.8 Å². The summed E-state index contributed by atoms with van der Waals surface area (Å²) in [4.78, 5) is 11.3. The van der Waals surface area contributed by atoms with Crippen LogP contribution < -0.4 is 0 Å². The summed E-state index contributed by atoms with van der Waals surface area (Å²) in [6.07, 6.45) is 1.17. The molecule has 1 aromatic carbocycles. The van der Waals surface area contributed by atoms with Crippen LogP contribution in [0.25, 0.3) is 0 Å². The maximum atomic E-state index is 11.6. The first kappa shape index (κ1) is 11.1. The Balaban J connectivity index is 2.92. The molecule has 0 fully saturated rings. The molecule has 4 heteroatoms. The van der Waals surface area contributed by atoms with E-state index in [0.29, 0.717) is 4.90 Å². The zero-order valence-electron chi connectivity index (χ0n) is 7.57. The van der Waals surface area contributed by atoms with E-state index in [1.807, 2.05) is 6.07 Å². The second-order valence-corrected chi connectivity index (χ2v) is 4.72. The summed E-state index contributed by atoms with van der Waals surface area (Å²) in [5.74, 6) is -0.209. The predicted molar refractivity (Wildman–Crippen MR) is 57.5 cm³/mol. The van der Waals surface area contributed by atoms with Gasteiger partial charge in [-0.15, -0.1) is 0 Å². The predicted octanol–water partition coefficient (Wildman–Crippen LogP) is 2.46. The highest BCUT2D eigenvalue weighted by molar-refractivity contribution is 7.90. The third kappa shape index (κ3) is 3.09. The Morgan fingerprint density at radius 3 is 2.43 bits per heavy atom. The summed E-state index contributed by atoms with van der Waals surface area (Å²) in [6, 6.07) is 8.76. The Hall–Kier alpha value is -0.930. The molecule has 0 aromatic heterocycles. The maximum Gasteiger partial charge on any atom is 0.154 e. The molecular weight excluding hydrogens is 220 g/mol. The van der Waals surface area contributed by atoms with E-state index in [0.717, 1.165) is 0 Å². The summed E-state index contributed by atoms with van der Waals surface area (Å²) < 4.78 is 11.7. The lowest BCUT2D eigenvalue weighted by Crippen LogP contribution is -1.93. The minimum Gasteiger partial charge on any atom is -0.295 e. The molecule has 0 amide bonds. The monoisotopic (exact) mass is 228 g/mol. The SMILES string of the molecule is CC(=O)C=C(Cl)S(=O)c1ccccc1. The average molecular weight is 229 g/mol. The van der Waals surface area contributed by atoms with Crippen molar-refractivity contribution in [1.82, 2.24) is 0 Å². The van der Waals surface area contributed by atoms with Gasteiger partial charge in [0.05, 0.1) is 10.8 Å². The van der Waals surface area contributed by atoms with Gasteiger partial charge < -0.3 is 0 Å². The number of allylic oxidation sites excluding steroid dienone is 1. The second-order valence-electron chi connectivity index (χ2n) is 2.64. The summed E-state index contributed by atoms with van der Waals surface area (Å²) in [5.41, 5.74) is 0. The lowest BCUT2D eigenvalue weighted by Gasteiger charge is -1.98. The maximum absolute atomic E-state index is 11.6. The highest BCUT2D eigenvalue weighted by atomic mass is 35.5. The van der Waals surface area contributed by atoms with Crippen LogP contribution >= 0.6 is 11.6 Å². The zero-order valence-corrected chi connectivity index (χ0v) is 9.14. The molecule has 74 valence electrons. The molecule has 0 aliphatic heterocycles. The summed E-state index contributed by atoms with van der Waals surface area (Å²) in [6.45, 7) is 1.37. The van der Waals surface area contributed by atoms with Crippen LogP contribution in [0.4, 0.5) is 0 Å². The van der Waals surface area contributed by atoms with Crippen molar-refractivity contribution < 1.29 is 9.00 Å². The van der Waals surface area contributed by atoms with E-state index in [-0.39, 0.29) is 10.1 Å². The first-order chi connectivity index (χ1) is 6.61. The molecule has 0 radical (unpaired) electrons. The van der Waals surface area contributed by atoms with Crippen molar-refractivity contribution in [2.45, 2.75) is 11.8 Å². The fourth-order valence-corrected chi connectivity index (χ4v) is 2.19. The molecule has 2 nitrogen and oxygen atoms in total. The van der Waals surface area contributed by atoms with Gasteiger partial charge in [-0.25, -0.2) is 4.21 Å². The van der Waals surface area contributed by atoms with Gasteiger partial charge in [0.1, 0.15) is 4.36 Å². The van der Waals surface area contributed by atoms with Gasteiger partial charge in [0, 0.05) is 11.0 Å². The molecule has 0 heterocycles. The lowest BCUT2D eigenvalue weighted by atomic mass is 10.4. The minimum absolute atomic E-state index is 0.0590. The fourth-order valence-electron chi connectivity index (χ4n) is 0.870. The molecule has 0 bridgehead atoms. The van der Waals surface area contributed by atoms with Gasteiger partial charge in [-0.05, 0) is 19.1 Å². The van der Waals surface area contributed by atoms with Gasteiger partial charge in [0.15, 0.2) is 5.78 Å². The van der Waals surface area contributed by atoms with E-state index in [9.17, 15) is 9.00 Å². The molecular formula is C10H9ClO2S. The van der Waals surface area contributed by atoms with Crippen molar-refractivity contribution in [3.8, 4) is 0 Å². The number of rotatable bonds is 3. The topological polar surface area (TPSA) is 34.1 Å². The lowest BCUT2D eigenvalue weighted by molar-refractivity contribution is -0.112. The third-order valence-corrected chi connectivity index (χ3v) is 3.15. The Morgan fingerprint density at radius 1 is 1.36 bits per heavy atom. The van der Waals surface area contributed by atoms with E-state index in [2.05, 4.69) is 0 Å². The van der Waals surface area contributed by atoms with Gasteiger partial charge in [0.25, 0.3) is 0 Å². The van der Waals surface area contributed by atoms with Crippen molar-refractivity contribution in [3.63, 3.8) is 0 Å². The first-order valence-electron chi connectivity index (χ1n) is 3.96. The Kier molecular flexibility index (Phi) is 4.04. The van der Waals surface area contributed by atoms with E-state index >= 15 is 0 Å². The molecule has 0 spiro atoms. The van der Waals surface area contributed by atoms with Crippen LogP contribution in [-0.4, -0.2) is 9.99 Å². The van der Waals surface area contributed by atoms with Crippen LogP contribution in [0.15, 0.2) is 45.7 Å². The summed E-state index contributed by atoms with van der Waals surface area (Å²) >= 11 is 5.70. The number of hydrogen-bond acceptors (Lipinski definition) is 2. The van der Waals surface area contributed by atoms with Crippen LogP contribution in [0.5, 0.6) is 0 Å². The quantitative estimate of drug-likeness (QED) is 0.745. The number of ketones is 1. The Bertz CT molecular complexity index is 384. The number of carbonyl (C=O) groups is 1. The van der Waals surface area contributed by atoms with Crippen LogP contribution in [0, 0.1) is 0 Å². The Labute approximate surface area is 90.0 Å². The van der Waals surface area contributed by atoms with Gasteiger partial charge in [-0.1, -0.05) is 29.8 Å². The highest BCUT2D eigenvalue weighted by Gasteiger charge is 2.07. The first-order valence-corrected chi connectivity index (χ1v) is 5.48. The van der Waals surface area contributed by atoms with Gasteiger partial charge >= 0.3 is 0 Å². The van der Waals surface area contributed by atoms with Crippen LogP contribution in [-0.2, 0) is 15.6 Å². The van der Waals surface area contributed by atoms with Crippen LogP contribution in [0.1, 0.15) is 6.92 Å². The third-order valence-electron chi connectivity index (χ3n) is 1.45. The fraction of sp³-hybridized carbons (Fsp3) is 0.100. The molecule has 0 aliphatic carbocycles. The number of halogens is 1. The van der Waals surface area contributed by atoms with E-state index in [1.165, 1.54) is 13.0 Å². The summed E-state index contributed by atoms with van der Waals surface area (Å²) in [5, 5.41) is 0. The standard InChI is InChI=1S/C10H9ClO2S/c1-8(12)7-10(11)14(13)9-5-3-2-4-6-9/h2-7H,1H3. The highest BCUT2D eigenvalue weighted by Crippen LogP contribution is 2.16. The van der Waals surface area contributed by atoms with Crippen molar-refractivity contribution in [1.29, 1.82) is 0 Å². The normalized spacial score (nSPS) is 13.7. The molecule has 0 saturated heterocycles. The number of benzene rings is 1. The second kappa shape index (κ2) is 5.08. The zero-order chi connectivity index (χ0) is 10.6. The van der Waals surface area contributed by atoms with Crippen LogP contribution in [0.2, 0.25) is 0 Å². The molecule has 0 N–H and O–H groups in total. The van der Waals surface area contributed by atoms with E-state index in [4.69, 9.17) is 11.6 Å². The number of hydrogen-bond donors (Lipinski definition) is 0. The molecule has 14 heavy (non-hydrogen) atoms. The van der Waals surface area contributed by atoms with Gasteiger partial charge in [-0.3, -0.25) is 4.79 Å². The minimum atomic E-state index is -1.44. The van der Waals surface area contributed by atoms with Crippen molar-refractivity contribution >= 4 is 28.2 Å². The largest absolute Gasteiger partial charge is 0.295 e. The summed E-state index contributed by atoms with van der Waals surface area (Å²) in [7, 11) is -1.44.